The van der Waals surface area contributed by atoms with Gasteiger partial charge in [0.1, 0.15) is 0 Å². The summed E-state index contributed by atoms with van der Waals surface area (Å²) < 4.78 is 0. The van der Waals surface area contributed by atoms with Gasteiger partial charge in [0.15, 0.2) is 5.96 Å². The number of guanidine groups is 1. The van der Waals surface area contributed by atoms with Gasteiger partial charge < -0.3 is 10.6 Å². The number of benzene rings is 2. The van der Waals surface area contributed by atoms with Gasteiger partial charge in [-0.25, -0.2) is 4.79 Å². The van der Waals surface area contributed by atoms with E-state index in [2.05, 4.69) is 20.5 Å². The van der Waals surface area contributed by atoms with Crippen molar-refractivity contribution in [1.82, 2.24) is 10.6 Å². The Morgan fingerprint density at radius 3 is 2.27 bits per heavy atom. The molecule has 0 aliphatic carbocycles. The minimum Gasteiger partial charge on any atom is -0.356 e. The highest BCUT2D eigenvalue weighted by Crippen LogP contribution is 2.26. The van der Waals surface area contributed by atoms with Gasteiger partial charge in [-0.3, -0.25) is 9.88 Å². The molecule has 6 nitrogen and oxygen atoms in total. The van der Waals surface area contributed by atoms with Gasteiger partial charge in [-0.1, -0.05) is 60.7 Å². The molecule has 26 heavy (non-hydrogen) atoms. The molecular weight excluding hydrogens is 330 g/mol. The Morgan fingerprint density at radius 1 is 1.04 bits per heavy atom. The lowest BCUT2D eigenvalue weighted by Crippen LogP contribution is -2.40. The van der Waals surface area contributed by atoms with E-state index in [9.17, 15) is 4.79 Å². The van der Waals surface area contributed by atoms with E-state index in [1.165, 1.54) is 7.11 Å². The van der Waals surface area contributed by atoms with Crippen molar-refractivity contribution in [2.45, 2.75) is 6.42 Å². The predicted octanol–water partition coefficient (Wildman–Crippen LogP) is 2.60. The zero-order valence-electron chi connectivity index (χ0n) is 14.6. The molecular formula is C20H21N3O3. The van der Waals surface area contributed by atoms with Crippen LogP contribution in [0.25, 0.3) is 11.3 Å². The van der Waals surface area contributed by atoms with Crippen molar-refractivity contribution in [3.63, 3.8) is 0 Å². The molecule has 0 radical (unpaired) electrons. The summed E-state index contributed by atoms with van der Waals surface area (Å²) in [7, 11) is 1.31. The second-order valence-electron chi connectivity index (χ2n) is 5.66. The Labute approximate surface area is 152 Å². The minimum atomic E-state index is -0.582. The number of nitrogens with one attached hydrogen (secondary N) is 2. The van der Waals surface area contributed by atoms with Gasteiger partial charge in [-0.05, 0) is 17.5 Å². The molecule has 2 aromatic carbocycles. The lowest BCUT2D eigenvalue weighted by molar-refractivity contribution is -0.248. The van der Waals surface area contributed by atoms with Crippen LogP contribution >= 0.6 is 0 Å². The first kappa shape index (κ1) is 17.7. The first-order valence-electron chi connectivity index (χ1n) is 8.45. The molecule has 1 aliphatic rings. The van der Waals surface area contributed by atoms with E-state index < -0.39 is 5.97 Å². The molecule has 0 saturated carbocycles. The average Bonchev–Trinajstić information content (AvgIpc) is 2.70. The SMILES string of the molecule is COOC(=O)C(=C(NC1=NCCCN1)c1ccccc1)c1ccccc1. The van der Waals surface area contributed by atoms with E-state index in [-0.39, 0.29) is 0 Å². The van der Waals surface area contributed by atoms with Crippen LogP contribution in [0.5, 0.6) is 0 Å². The number of hydrogen-bond donors (Lipinski definition) is 2. The van der Waals surface area contributed by atoms with Crippen molar-refractivity contribution >= 4 is 23.2 Å². The summed E-state index contributed by atoms with van der Waals surface area (Å²) in [6.45, 7) is 1.57. The van der Waals surface area contributed by atoms with Crippen LogP contribution in [0, 0.1) is 0 Å². The fourth-order valence-electron chi connectivity index (χ4n) is 2.70. The fraction of sp³-hybridized carbons (Fsp3) is 0.200. The monoisotopic (exact) mass is 351 g/mol. The fourth-order valence-corrected chi connectivity index (χ4v) is 2.70. The zero-order chi connectivity index (χ0) is 18.2. The predicted molar refractivity (Wildman–Crippen MR) is 101 cm³/mol. The minimum absolute atomic E-state index is 0.369. The largest absolute Gasteiger partial charge is 0.375 e. The van der Waals surface area contributed by atoms with Crippen molar-refractivity contribution in [3.8, 4) is 0 Å². The van der Waals surface area contributed by atoms with Gasteiger partial charge in [0, 0.05) is 13.1 Å². The quantitative estimate of drug-likeness (QED) is 0.375. The van der Waals surface area contributed by atoms with Crippen LogP contribution in [-0.4, -0.2) is 32.1 Å². The Morgan fingerprint density at radius 2 is 1.69 bits per heavy atom. The third kappa shape index (κ3) is 4.29. The second-order valence-corrected chi connectivity index (χ2v) is 5.66. The number of carbonyl (C=O) groups is 1. The van der Waals surface area contributed by atoms with Crippen molar-refractivity contribution < 1.29 is 14.6 Å². The van der Waals surface area contributed by atoms with Crippen LogP contribution in [0.2, 0.25) is 0 Å². The molecule has 6 heteroatoms. The molecule has 0 atom stereocenters. The van der Waals surface area contributed by atoms with E-state index in [0.717, 1.165) is 30.6 Å². The summed E-state index contributed by atoms with van der Waals surface area (Å²) in [6.07, 6.45) is 0.979. The zero-order valence-corrected chi connectivity index (χ0v) is 14.6. The summed E-state index contributed by atoms with van der Waals surface area (Å²) in [6, 6.07) is 18.9. The standard InChI is InChI=1S/C20H21N3O3/c1-25-26-19(24)17(15-9-4-2-5-10-15)18(16-11-6-3-7-12-16)23-20-21-13-8-14-22-20/h2-7,9-12H,8,13-14H2,1H3,(H2,21,22,23). The molecule has 0 unspecified atom stereocenters. The molecule has 134 valence electrons. The van der Waals surface area contributed by atoms with Gasteiger partial charge in [-0.15, -0.1) is 0 Å². The second kappa shape index (κ2) is 8.82. The third-order valence-corrected chi connectivity index (χ3v) is 3.88. The van der Waals surface area contributed by atoms with Crippen LogP contribution in [-0.2, 0) is 14.6 Å². The van der Waals surface area contributed by atoms with Crippen molar-refractivity contribution in [1.29, 1.82) is 0 Å². The van der Waals surface area contributed by atoms with Crippen LogP contribution < -0.4 is 10.6 Å². The summed E-state index contributed by atoms with van der Waals surface area (Å²) in [5.41, 5.74) is 2.53. The number of rotatable bonds is 5. The summed E-state index contributed by atoms with van der Waals surface area (Å²) in [5, 5.41) is 6.49. The van der Waals surface area contributed by atoms with E-state index >= 15 is 0 Å². The van der Waals surface area contributed by atoms with Crippen molar-refractivity contribution in [3.05, 3.63) is 71.8 Å². The van der Waals surface area contributed by atoms with Crippen LogP contribution in [0.4, 0.5) is 0 Å². The highest BCUT2D eigenvalue weighted by molar-refractivity contribution is 6.25. The molecule has 0 fully saturated rings. The van der Waals surface area contributed by atoms with Crippen LogP contribution in [0.1, 0.15) is 17.5 Å². The van der Waals surface area contributed by atoms with Crippen molar-refractivity contribution in [2.24, 2.45) is 4.99 Å². The molecule has 1 aliphatic heterocycles. The van der Waals surface area contributed by atoms with E-state index in [1.54, 1.807) is 0 Å². The Hall–Kier alpha value is -3.12. The number of aliphatic imine (C=N–C) groups is 1. The van der Waals surface area contributed by atoms with Gasteiger partial charge in [0.05, 0.1) is 18.4 Å². The van der Waals surface area contributed by atoms with Gasteiger partial charge in [0.2, 0.25) is 0 Å². The van der Waals surface area contributed by atoms with Crippen molar-refractivity contribution in [2.75, 3.05) is 20.2 Å². The third-order valence-electron chi connectivity index (χ3n) is 3.88. The number of hydrogen-bond acceptors (Lipinski definition) is 6. The molecule has 2 N–H and O–H groups in total. The summed E-state index contributed by atoms with van der Waals surface area (Å²) in [4.78, 5) is 26.6. The lowest BCUT2D eigenvalue weighted by atomic mass is 9.99. The number of carbonyl (C=O) groups excluding carboxylic acids is 1. The molecule has 2 aromatic rings. The van der Waals surface area contributed by atoms with Gasteiger partial charge in [-0.2, -0.15) is 4.89 Å². The highest BCUT2D eigenvalue weighted by atomic mass is 17.2. The molecule has 0 aromatic heterocycles. The molecule has 0 spiro atoms. The molecule has 0 saturated heterocycles. The summed E-state index contributed by atoms with van der Waals surface area (Å²) >= 11 is 0. The summed E-state index contributed by atoms with van der Waals surface area (Å²) in [5.74, 6) is 0.0511. The molecule has 3 rings (SSSR count). The van der Waals surface area contributed by atoms with E-state index in [0.29, 0.717) is 17.2 Å². The topological polar surface area (TPSA) is 72.0 Å². The maximum absolute atomic E-state index is 12.7. The normalized spacial score (nSPS) is 14.6. The van der Waals surface area contributed by atoms with Gasteiger partial charge >= 0.3 is 5.97 Å². The molecule has 1 heterocycles. The smallest absolute Gasteiger partial charge is 0.356 e. The Kier molecular flexibility index (Phi) is 6.01. The van der Waals surface area contributed by atoms with Crippen LogP contribution in [0.3, 0.4) is 0 Å². The first-order chi connectivity index (χ1) is 12.8. The Bertz CT molecular complexity index is 802. The van der Waals surface area contributed by atoms with Crippen LogP contribution in [0.15, 0.2) is 65.7 Å². The average molecular weight is 351 g/mol. The van der Waals surface area contributed by atoms with Gasteiger partial charge in [0.25, 0.3) is 0 Å². The Balaban J connectivity index is 2.14. The molecule has 0 bridgehead atoms. The highest BCUT2D eigenvalue weighted by Gasteiger charge is 2.22. The number of nitrogens with zero attached hydrogens (tertiary/aromatic N) is 1. The maximum Gasteiger partial charge on any atom is 0.375 e. The molecule has 0 amide bonds. The maximum atomic E-state index is 12.7. The first-order valence-corrected chi connectivity index (χ1v) is 8.45. The van der Waals surface area contributed by atoms with E-state index in [1.807, 2.05) is 60.7 Å². The lowest BCUT2D eigenvalue weighted by Gasteiger charge is -2.21. The van der Waals surface area contributed by atoms with E-state index in [4.69, 9.17) is 4.89 Å².